The average Bonchev–Trinajstić information content (AvgIpc) is 3.42. The first kappa shape index (κ1) is 17.4. The SMILES string of the molecule is O=C(Nc1ccccc1-n1cncn1)C1CCN(C(=O)c2cccs2)CC1. The third-order valence-corrected chi connectivity index (χ3v) is 5.57. The fourth-order valence-electron chi connectivity index (χ4n) is 3.25. The summed E-state index contributed by atoms with van der Waals surface area (Å²) in [6.07, 6.45) is 4.38. The predicted molar refractivity (Wildman–Crippen MR) is 103 cm³/mol. The van der Waals surface area contributed by atoms with Gasteiger partial charge in [0.1, 0.15) is 12.7 Å². The Labute approximate surface area is 160 Å². The predicted octanol–water partition coefficient (Wildman–Crippen LogP) is 2.82. The number of amides is 2. The molecule has 2 aromatic heterocycles. The van der Waals surface area contributed by atoms with E-state index in [1.807, 2.05) is 46.7 Å². The molecule has 3 aromatic rings. The minimum atomic E-state index is -0.110. The Morgan fingerprint density at radius 1 is 1.11 bits per heavy atom. The van der Waals surface area contributed by atoms with E-state index < -0.39 is 0 Å². The molecule has 1 aliphatic heterocycles. The third kappa shape index (κ3) is 3.75. The molecule has 1 aromatic carbocycles. The molecule has 1 N–H and O–H groups in total. The molecule has 27 heavy (non-hydrogen) atoms. The number of hydrogen-bond donors (Lipinski definition) is 1. The van der Waals surface area contributed by atoms with Gasteiger partial charge in [-0.15, -0.1) is 11.3 Å². The first-order chi connectivity index (χ1) is 13.2. The number of aromatic nitrogens is 3. The van der Waals surface area contributed by atoms with Crippen LogP contribution in [0.1, 0.15) is 22.5 Å². The molecule has 0 aliphatic carbocycles. The zero-order chi connectivity index (χ0) is 18.6. The van der Waals surface area contributed by atoms with E-state index >= 15 is 0 Å². The maximum Gasteiger partial charge on any atom is 0.263 e. The van der Waals surface area contributed by atoms with Gasteiger partial charge in [-0.3, -0.25) is 9.59 Å². The Balaban J connectivity index is 1.39. The van der Waals surface area contributed by atoms with Gasteiger partial charge in [-0.2, -0.15) is 5.10 Å². The van der Waals surface area contributed by atoms with Gasteiger partial charge in [0.05, 0.1) is 16.3 Å². The first-order valence-corrected chi connectivity index (χ1v) is 9.68. The summed E-state index contributed by atoms with van der Waals surface area (Å²) < 4.78 is 1.62. The van der Waals surface area contributed by atoms with Crippen molar-refractivity contribution < 1.29 is 9.59 Å². The topological polar surface area (TPSA) is 80.1 Å². The number of nitrogens with one attached hydrogen (secondary N) is 1. The molecular formula is C19H19N5O2S. The summed E-state index contributed by atoms with van der Waals surface area (Å²) in [5.41, 5.74) is 1.47. The fourth-order valence-corrected chi connectivity index (χ4v) is 3.94. The van der Waals surface area contributed by atoms with E-state index in [2.05, 4.69) is 15.4 Å². The van der Waals surface area contributed by atoms with Crippen LogP contribution in [0.5, 0.6) is 0 Å². The number of benzene rings is 1. The summed E-state index contributed by atoms with van der Waals surface area (Å²) in [7, 11) is 0. The van der Waals surface area contributed by atoms with Crippen LogP contribution in [-0.2, 0) is 4.79 Å². The van der Waals surface area contributed by atoms with E-state index in [0.717, 1.165) is 10.6 Å². The van der Waals surface area contributed by atoms with Crippen LogP contribution < -0.4 is 5.32 Å². The molecule has 0 bridgehead atoms. The number of para-hydroxylation sites is 2. The Morgan fingerprint density at radius 3 is 2.63 bits per heavy atom. The standard InChI is InChI=1S/C19H19N5O2S/c25-18(22-15-4-1-2-5-16(15)24-13-20-12-21-24)14-7-9-23(10-8-14)19(26)17-6-3-11-27-17/h1-6,11-14H,7-10H2,(H,22,25). The van der Waals surface area contributed by atoms with E-state index in [0.29, 0.717) is 31.6 Å². The summed E-state index contributed by atoms with van der Waals surface area (Å²) in [4.78, 5) is 31.7. The molecule has 7 nitrogen and oxygen atoms in total. The van der Waals surface area contributed by atoms with Crippen LogP contribution in [0.4, 0.5) is 5.69 Å². The van der Waals surface area contributed by atoms with Crippen LogP contribution in [0.3, 0.4) is 0 Å². The molecule has 0 radical (unpaired) electrons. The lowest BCUT2D eigenvalue weighted by atomic mass is 9.95. The minimum Gasteiger partial charge on any atom is -0.338 e. The number of rotatable bonds is 4. The highest BCUT2D eigenvalue weighted by Gasteiger charge is 2.28. The molecule has 0 atom stereocenters. The van der Waals surface area contributed by atoms with Crippen molar-refractivity contribution in [3.05, 3.63) is 59.3 Å². The molecule has 0 unspecified atom stereocenters. The summed E-state index contributed by atoms with van der Waals surface area (Å²) in [5.74, 6) is -0.0765. The van der Waals surface area contributed by atoms with Crippen LogP contribution in [0.15, 0.2) is 54.4 Å². The monoisotopic (exact) mass is 381 g/mol. The first-order valence-electron chi connectivity index (χ1n) is 8.80. The van der Waals surface area contributed by atoms with Crippen molar-refractivity contribution in [1.29, 1.82) is 0 Å². The van der Waals surface area contributed by atoms with Gasteiger partial charge in [0.25, 0.3) is 5.91 Å². The molecule has 3 heterocycles. The molecule has 8 heteroatoms. The highest BCUT2D eigenvalue weighted by atomic mass is 32.1. The van der Waals surface area contributed by atoms with E-state index in [9.17, 15) is 9.59 Å². The molecule has 138 valence electrons. The van der Waals surface area contributed by atoms with Gasteiger partial charge in [-0.05, 0) is 36.4 Å². The molecule has 1 fully saturated rings. The number of carbonyl (C=O) groups is 2. The molecule has 1 saturated heterocycles. The minimum absolute atomic E-state index is 0.0224. The number of carbonyl (C=O) groups excluding carboxylic acids is 2. The van der Waals surface area contributed by atoms with Gasteiger partial charge in [-0.25, -0.2) is 9.67 Å². The number of likely N-dealkylation sites (tertiary alicyclic amines) is 1. The van der Waals surface area contributed by atoms with Crippen molar-refractivity contribution in [2.45, 2.75) is 12.8 Å². The van der Waals surface area contributed by atoms with E-state index in [1.165, 1.54) is 17.7 Å². The van der Waals surface area contributed by atoms with Crippen molar-refractivity contribution in [2.75, 3.05) is 18.4 Å². The Morgan fingerprint density at radius 2 is 1.93 bits per heavy atom. The summed E-state index contributed by atoms with van der Waals surface area (Å²) in [6.45, 7) is 1.19. The van der Waals surface area contributed by atoms with Crippen LogP contribution in [0.2, 0.25) is 0 Å². The summed E-state index contributed by atoms with van der Waals surface area (Å²) in [6, 6.07) is 11.2. The van der Waals surface area contributed by atoms with E-state index in [4.69, 9.17) is 0 Å². The van der Waals surface area contributed by atoms with Crippen LogP contribution in [0, 0.1) is 5.92 Å². The van der Waals surface area contributed by atoms with Crippen molar-refractivity contribution in [3.63, 3.8) is 0 Å². The van der Waals surface area contributed by atoms with Crippen molar-refractivity contribution in [1.82, 2.24) is 19.7 Å². The fraction of sp³-hybridized carbons (Fsp3) is 0.263. The van der Waals surface area contributed by atoms with Gasteiger partial charge in [0, 0.05) is 19.0 Å². The molecule has 2 amide bonds. The van der Waals surface area contributed by atoms with Crippen molar-refractivity contribution in [2.24, 2.45) is 5.92 Å². The summed E-state index contributed by atoms with van der Waals surface area (Å²) >= 11 is 1.45. The summed E-state index contributed by atoms with van der Waals surface area (Å²) in [5, 5.41) is 9.05. The van der Waals surface area contributed by atoms with Gasteiger partial charge in [-0.1, -0.05) is 18.2 Å². The maximum atomic E-state index is 12.7. The van der Waals surface area contributed by atoms with Crippen molar-refractivity contribution >= 4 is 28.8 Å². The third-order valence-electron chi connectivity index (χ3n) is 4.71. The Kier molecular flexibility index (Phi) is 4.97. The van der Waals surface area contributed by atoms with Crippen LogP contribution in [-0.4, -0.2) is 44.6 Å². The maximum absolute atomic E-state index is 12.7. The second-order valence-corrected chi connectivity index (χ2v) is 7.34. The molecule has 0 spiro atoms. The van der Waals surface area contributed by atoms with Gasteiger partial charge in [0.15, 0.2) is 0 Å². The van der Waals surface area contributed by atoms with Crippen LogP contribution >= 0.6 is 11.3 Å². The Bertz CT molecular complexity index is 916. The second-order valence-electron chi connectivity index (χ2n) is 6.39. The zero-order valence-electron chi connectivity index (χ0n) is 14.6. The quantitative estimate of drug-likeness (QED) is 0.754. The lowest BCUT2D eigenvalue weighted by Gasteiger charge is -2.31. The molecule has 0 saturated carbocycles. The van der Waals surface area contributed by atoms with Gasteiger partial charge >= 0.3 is 0 Å². The highest BCUT2D eigenvalue weighted by molar-refractivity contribution is 7.12. The second kappa shape index (κ2) is 7.71. The number of hydrogen-bond acceptors (Lipinski definition) is 5. The van der Waals surface area contributed by atoms with Gasteiger partial charge < -0.3 is 10.2 Å². The number of thiophene rings is 1. The highest BCUT2D eigenvalue weighted by Crippen LogP contribution is 2.24. The number of anilines is 1. The van der Waals surface area contributed by atoms with Crippen molar-refractivity contribution in [3.8, 4) is 5.69 Å². The van der Waals surface area contributed by atoms with Gasteiger partial charge in [0.2, 0.25) is 5.91 Å². The largest absolute Gasteiger partial charge is 0.338 e. The molecule has 4 rings (SSSR count). The van der Waals surface area contributed by atoms with Crippen LogP contribution in [0.25, 0.3) is 5.69 Å². The lowest BCUT2D eigenvalue weighted by Crippen LogP contribution is -2.41. The molecule has 1 aliphatic rings. The number of piperidine rings is 1. The molecular weight excluding hydrogens is 362 g/mol. The normalized spacial score (nSPS) is 14.9. The zero-order valence-corrected chi connectivity index (χ0v) is 15.4. The number of nitrogens with zero attached hydrogens (tertiary/aromatic N) is 4. The smallest absolute Gasteiger partial charge is 0.263 e. The van der Waals surface area contributed by atoms with E-state index in [1.54, 1.807) is 11.0 Å². The lowest BCUT2D eigenvalue weighted by molar-refractivity contribution is -0.121. The Hall–Kier alpha value is -3.00. The van der Waals surface area contributed by atoms with E-state index in [-0.39, 0.29) is 17.7 Å². The average molecular weight is 381 g/mol.